The zero-order valence-electron chi connectivity index (χ0n) is 18.4. The average molecular weight is 400 g/mol. The van der Waals surface area contributed by atoms with E-state index in [1.165, 1.54) is 4.90 Å². The lowest BCUT2D eigenvalue weighted by Gasteiger charge is -2.32. The molecule has 0 atom stereocenters. The summed E-state index contributed by atoms with van der Waals surface area (Å²) in [6.07, 6.45) is 2.70. The van der Waals surface area contributed by atoms with E-state index in [0.717, 1.165) is 5.46 Å². The van der Waals surface area contributed by atoms with Gasteiger partial charge in [0.2, 0.25) is 0 Å². The minimum atomic E-state index is -0.655. The molecule has 2 aromatic heterocycles. The van der Waals surface area contributed by atoms with Gasteiger partial charge in [0.15, 0.2) is 0 Å². The number of amides is 1. The summed E-state index contributed by atoms with van der Waals surface area (Å²) in [5.74, 6) is 0.938. The van der Waals surface area contributed by atoms with Crippen LogP contribution in [0.15, 0.2) is 30.6 Å². The van der Waals surface area contributed by atoms with Crippen molar-refractivity contribution in [1.82, 2.24) is 14.8 Å². The molecule has 1 aliphatic heterocycles. The Balaban J connectivity index is 1.99. The molecule has 0 radical (unpaired) electrons. The van der Waals surface area contributed by atoms with Crippen molar-refractivity contribution >= 4 is 30.3 Å². The van der Waals surface area contributed by atoms with Crippen molar-refractivity contribution in [2.75, 3.05) is 4.90 Å². The molecule has 3 heterocycles. The van der Waals surface area contributed by atoms with Gasteiger partial charge in [-0.2, -0.15) is 5.10 Å². The van der Waals surface area contributed by atoms with Gasteiger partial charge in [0, 0.05) is 19.3 Å². The molecule has 3 rings (SSSR count). The van der Waals surface area contributed by atoms with Crippen LogP contribution in [0.1, 0.15) is 48.5 Å². The summed E-state index contributed by atoms with van der Waals surface area (Å²) in [6.45, 7) is 13.5. The number of anilines is 2. The Labute approximate surface area is 172 Å². The highest BCUT2D eigenvalue weighted by Crippen LogP contribution is 2.36. The molecule has 8 nitrogen and oxygen atoms in total. The summed E-state index contributed by atoms with van der Waals surface area (Å²) < 4.78 is 19.5. The molecule has 0 aromatic carbocycles. The Morgan fingerprint density at radius 3 is 2.28 bits per heavy atom. The lowest BCUT2D eigenvalue weighted by molar-refractivity contribution is 0.00578. The zero-order valence-corrected chi connectivity index (χ0v) is 18.4. The van der Waals surface area contributed by atoms with E-state index in [9.17, 15) is 4.79 Å². The zero-order chi connectivity index (χ0) is 21.6. The third kappa shape index (κ3) is 4.30. The van der Waals surface area contributed by atoms with Crippen LogP contribution < -0.4 is 10.4 Å². The van der Waals surface area contributed by atoms with Gasteiger partial charge >= 0.3 is 13.2 Å². The normalized spacial score (nSPS) is 18.0. The van der Waals surface area contributed by atoms with Crippen molar-refractivity contribution in [3.8, 4) is 0 Å². The molecular weight excluding hydrogens is 371 g/mol. The molecule has 0 aliphatic carbocycles. The second kappa shape index (κ2) is 7.14. The summed E-state index contributed by atoms with van der Waals surface area (Å²) in [5.41, 5.74) is -0.816. The molecule has 9 heteroatoms. The largest absolute Gasteiger partial charge is 0.495 e. The molecule has 2 aromatic rings. The van der Waals surface area contributed by atoms with E-state index in [2.05, 4.69) is 10.1 Å². The highest BCUT2D eigenvalue weighted by molar-refractivity contribution is 6.62. The molecule has 156 valence electrons. The van der Waals surface area contributed by atoms with E-state index in [0.29, 0.717) is 11.6 Å². The Morgan fingerprint density at radius 1 is 1.14 bits per heavy atom. The lowest BCUT2D eigenvalue weighted by atomic mass is 9.79. The van der Waals surface area contributed by atoms with Gasteiger partial charge in [-0.15, -0.1) is 0 Å². The molecule has 0 bridgehead atoms. The monoisotopic (exact) mass is 400 g/mol. The number of pyridine rings is 1. The van der Waals surface area contributed by atoms with E-state index < -0.39 is 30.0 Å². The number of rotatable bonds is 3. The highest BCUT2D eigenvalue weighted by atomic mass is 16.7. The molecule has 1 saturated heterocycles. The number of hydrogen-bond acceptors (Lipinski definition) is 6. The first-order valence-corrected chi connectivity index (χ1v) is 9.63. The van der Waals surface area contributed by atoms with Crippen LogP contribution >= 0.6 is 0 Å². The first-order valence-electron chi connectivity index (χ1n) is 9.63. The van der Waals surface area contributed by atoms with Crippen LogP contribution in [0.2, 0.25) is 0 Å². The van der Waals surface area contributed by atoms with Crippen molar-refractivity contribution in [2.24, 2.45) is 7.05 Å². The van der Waals surface area contributed by atoms with Crippen LogP contribution in [0.3, 0.4) is 0 Å². The summed E-state index contributed by atoms with van der Waals surface area (Å²) in [7, 11) is 1.19. The SMILES string of the molecule is Cn1nccc1N(C(=O)OC(C)(C)C)c1cc(B2OC(C)(C)C(C)(C)O2)ccn1. The van der Waals surface area contributed by atoms with Crippen LogP contribution in [0.5, 0.6) is 0 Å². The second-order valence-electron chi connectivity index (χ2n) is 9.16. The summed E-state index contributed by atoms with van der Waals surface area (Å²) in [6, 6.07) is 5.33. The van der Waals surface area contributed by atoms with Crippen LogP contribution in [-0.4, -0.2) is 44.8 Å². The van der Waals surface area contributed by atoms with E-state index in [1.54, 1.807) is 36.3 Å². The van der Waals surface area contributed by atoms with Gasteiger partial charge in [-0.3, -0.25) is 4.68 Å². The van der Waals surface area contributed by atoms with Gasteiger partial charge in [0.05, 0.1) is 17.4 Å². The molecule has 1 aliphatic rings. The van der Waals surface area contributed by atoms with Crippen LogP contribution in [0.25, 0.3) is 0 Å². The molecule has 1 amide bonds. The van der Waals surface area contributed by atoms with Crippen molar-refractivity contribution in [3.63, 3.8) is 0 Å². The van der Waals surface area contributed by atoms with Crippen LogP contribution in [0, 0.1) is 0 Å². The fourth-order valence-electron chi connectivity index (χ4n) is 2.88. The molecule has 1 fully saturated rings. The molecule has 29 heavy (non-hydrogen) atoms. The lowest BCUT2D eigenvalue weighted by Crippen LogP contribution is -2.41. The molecule has 0 saturated carbocycles. The fourth-order valence-corrected chi connectivity index (χ4v) is 2.88. The standard InChI is InChI=1S/C20H29BN4O4/c1-18(2,3)27-17(26)25(16-10-12-23-24(16)8)15-13-14(9-11-22-15)21-28-19(4,5)20(6,7)29-21/h9-13H,1-8H3. The molecule has 0 unspecified atom stereocenters. The Hall–Kier alpha value is -2.39. The van der Waals surface area contributed by atoms with Gasteiger partial charge in [-0.25, -0.2) is 14.7 Å². The topological polar surface area (TPSA) is 78.7 Å². The molecule has 0 spiro atoms. The smallest absolute Gasteiger partial charge is 0.443 e. The van der Waals surface area contributed by atoms with Crippen molar-refractivity contribution < 1.29 is 18.8 Å². The van der Waals surface area contributed by atoms with Crippen molar-refractivity contribution in [1.29, 1.82) is 0 Å². The van der Waals surface area contributed by atoms with Crippen molar-refractivity contribution in [3.05, 3.63) is 30.6 Å². The number of nitrogens with zero attached hydrogens (tertiary/aromatic N) is 4. The summed E-state index contributed by atoms with van der Waals surface area (Å²) in [5, 5.41) is 4.17. The highest BCUT2D eigenvalue weighted by Gasteiger charge is 2.51. The van der Waals surface area contributed by atoms with Gasteiger partial charge in [0.25, 0.3) is 0 Å². The predicted molar refractivity (Wildman–Crippen MR) is 112 cm³/mol. The van der Waals surface area contributed by atoms with E-state index in [-0.39, 0.29) is 0 Å². The third-order valence-electron chi connectivity index (χ3n) is 5.12. The average Bonchev–Trinajstić information content (AvgIpc) is 3.07. The number of carbonyl (C=O) groups is 1. The maximum Gasteiger partial charge on any atom is 0.495 e. The first kappa shape index (κ1) is 21.3. The van der Waals surface area contributed by atoms with E-state index in [1.807, 2.05) is 54.5 Å². The predicted octanol–water partition coefficient (Wildman–Crippen LogP) is 3.19. The van der Waals surface area contributed by atoms with Gasteiger partial charge in [-0.05, 0) is 66.1 Å². The van der Waals surface area contributed by atoms with Gasteiger partial charge in [-0.1, -0.05) is 0 Å². The maximum absolute atomic E-state index is 13.0. The van der Waals surface area contributed by atoms with Crippen LogP contribution in [0.4, 0.5) is 16.4 Å². The van der Waals surface area contributed by atoms with Crippen LogP contribution in [-0.2, 0) is 21.1 Å². The first-order chi connectivity index (χ1) is 13.3. The number of hydrogen-bond donors (Lipinski definition) is 0. The molecular formula is C20H29BN4O4. The van der Waals surface area contributed by atoms with E-state index >= 15 is 0 Å². The number of carbonyl (C=O) groups excluding carboxylic acids is 1. The Kier molecular flexibility index (Phi) is 5.25. The Morgan fingerprint density at radius 2 is 1.76 bits per heavy atom. The second-order valence-corrected chi connectivity index (χ2v) is 9.16. The third-order valence-corrected chi connectivity index (χ3v) is 5.12. The fraction of sp³-hybridized carbons (Fsp3) is 0.550. The van der Waals surface area contributed by atoms with Gasteiger partial charge in [0.1, 0.15) is 17.2 Å². The van der Waals surface area contributed by atoms with E-state index in [4.69, 9.17) is 14.0 Å². The maximum atomic E-state index is 13.0. The number of aromatic nitrogens is 3. The molecule has 0 N–H and O–H groups in total. The Bertz CT molecular complexity index is 888. The minimum absolute atomic E-state index is 0.398. The summed E-state index contributed by atoms with van der Waals surface area (Å²) >= 11 is 0. The summed E-state index contributed by atoms with van der Waals surface area (Å²) in [4.78, 5) is 18.8. The number of aryl methyl sites for hydroxylation is 1. The van der Waals surface area contributed by atoms with Gasteiger partial charge < -0.3 is 14.0 Å². The van der Waals surface area contributed by atoms with Crippen molar-refractivity contribution in [2.45, 2.75) is 65.3 Å². The minimum Gasteiger partial charge on any atom is -0.443 e. The number of ether oxygens (including phenoxy) is 1. The quantitative estimate of drug-likeness (QED) is 0.737.